The summed E-state index contributed by atoms with van der Waals surface area (Å²) in [4.78, 5) is 38.5. The Labute approximate surface area is 234 Å². The van der Waals surface area contributed by atoms with Crippen LogP contribution in [0.5, 0.6) is 0 Å². The molecule has 2 N–H and O–H groups in total. The number of amides is 2. The summed E-state index contributed by atoms with van der Waals surface area (Å²) in [5.41, 5.74) is 2.95. The number of rotatable bonds is 8. The molecule has 0 spiro atoms. The fourth-order valence-corrected chi connectivity index (χ4v) is 3.93. The van der Waals surface area contributed by atoms with Crippen molar-refractivity contribution in [2.75, 3.05) is 5.32 Å². The summed E-state index contributed by atoms with van der Waals surface area (Å²) in [6.45, 7) is 0. The molecule has 0 atom stereocenters. The number of hydrogen-bond acceptors (Lipinski definition) is 3. The smallest absolute Gasteiger partial charge is 0.272 e. The van der Waals surface area contributed by atoms with Crippen LogP contribution in [0.25, 0.3) is 12.2 Å². The van der Waals surface area contributed by atoms with Crippen LogP contribution >= 0.6 is 27.5 Å². The number of carbonyl (C=O) groups is 3. The molecule has 4 aromatic carbocycles. The Bertz CT molecular complexity index is 1510. The maximum Gasteiger partial charge on any atom is 0.272 e. The predicted octanol–water partition coefficient (Wildman–Crippen LogP) is 7.41. The van der Waals surface area contributed by atoms with Crippen LogP contribution in [0.4, 0.5) is 5.69 Å². The van der Waals surface area contributed by atoms with Crippen LogP contribution in [0.3, 0.4) is 0 Å². The first-order valence-corrected chi connectivity index (χ1v) is 12.8. The Hall–Kier alpha value is -4.26. The SMILES string of the molecule is O=C(Nc1ccc(C(=O)/C=C/c2ccc(Br)cc2)cc1)/C(=C/c1cccc(Cl)c1)NC(=O)c1ccccc1. The highest BCUT2D eigenvalue weighted by molar-refractivity contribution is 9.10. The molecule has 0 radical (unpaired) electrons. The van der Waals surface area contributed by atoms with Gasteiger partial charge < -0.3 is 10.6 Å². The quantitative estimate of drug-likeness (QED) is 0.167. The number of carbonyl (C=O) groups excluding carboxylic acids is 3. The van der Waals surface area contributed by atoms with Crippen LogP contribution in [0.1, 0.15) is 31.8 Å². The van der Waals surface area contributed by atoms with Crippen LogP contribution in [0, 0.1) is 0 Å². The van der Waals surface area contributed by atoms with Crippen molar-refractivity contribution in [3.63, 3.8) is 0 Å². The van der Waals surface area contributed by atoms with Crippen molar-refractivity contribution < 1.29 is 14.4 Å². The second-order valence-electron chi connectivity index (χ2n) is 8.21. The lowest BCUT2D eigenvalue weighted by molar-refractivity contribution is -0.113. The molecule has 188 valence electrons. The van der Waals surface area contributed by atoms with Gasteiger partial charge in [0.25, 0.3) is 11.8 Å². The Balaban J connectivity index is 1.49. The van der Waals surface area contributed by atoms with Crippen LogP contribution < -0.4 is 10.6 Å². The molecule has 0 aliphatic heterocycles. The summed E-state index contributed by atoms with van der Waals surface area (Å²) < 4.78 is 0.962. The lowest BCUT2D eigenvalue weighted by Gasteiger charge is -2.12. The summed E-state index contributed by atoms with van der Waals surface area (Å²) >= 11 is 9.48. The van der Waals surface area contributed by atoms with Crippen LogP contribution in [-0.2, 0) is 4.79 Å². The normalized spacial score (nSPS) is 11.3. The zero-order chi connectivity index (χ0) is 26.9. The van der Waals surface area contributed by atoms with Gasteiger partial charge in [0.05, 0.1) is 0 Å². The highest BCUT2D eigenvalue weighted by atomic mass is 79.9. The molecule has 5 nitrogen and oxygen atoms in total. The van der Waals surface area contributed by atoms with E-state index in [1.165, 1.54) is 6.08 Å². The molecule has 4 rings (SSSR count). The van der Waals surface area contributed by atoms with Crippen molar-refractivity contribution in [3.05, 3.63) is 147 Å². The minimum absolute atomic E-state index is 0.0405. The average molecular weight is 586 g/mol. The number of ketones is 1. The molecular formula is C31H22BrClN2O3. The van der Waals surface area contributed by atoms with E-state index < -0.39 is 11.8 Å². The van der Waals surface area contributed by atoms with Crippen molar-refractivity contribution in [1.29, 1.82) is 0 Å². The van der Waals surface area contributed by atoms with E-state index in [1.54, 1.807) is 91.0 Å². The van der Waals surface area contributed by atoms with E-state index in [9.17, 15) is 14.4 Å². The van der Waals surface area contributed by atoms with Gasteiger partial charge in [-0.1, -0.05) is 76.1 Å². The standard InChI is InChI=1S/C31H22BrClN2O3/c32-25-14-9-21(10-15-25)11-18-29(36)23-12-16-27(17-13-23)34-31(38)28(20-22-5-4-8-26(33)19-22)35-30(37)24-6-2-1-3-7-24/h1-20H,(H,34,38)(H,35,37)/b18-11+,28-20-. The van der Waals surface area contributed by atoms with Crippen molar-refractivity contribution in [3.8, 4) is 0 Å². The van der Waals surface area contributed by atoms with Gasteiger partial charge in [-0.2, -0.15) is 0 Å². The molecule has 0 aromatic heterocycles. The monoisotopic (exact) mass is 584 g/mol. The van der Waals surface area contributed by atoms with Crippen molar-refractivity contribution in [1.82, 2.24) is 5.32 Å². The summed E-state index contributed by atoms with van der Waals surface area (Å²) in [7, 11) is 0. The van der Waals surface area contributed by atoms with Crippen molar-refractivity contribution in [2.24, 2.45) is 0 Å². The Morgan fingerprint density at radius 3 is 2.13 bits per heavy atom. The fraction of sp³-hybridized carbons (Fsp3) is 0. The third kappa shape index (κ3) is 7.62. The largest absolute Gasteiger partial charge is 0.321 e. The van der Waals surface area contributed by atoms with Crippen LogP contribution in [-0.4, -0.2) is 17.6 Å². The minimum Gasteiger partial charge on any atom is -0.321 e. The van der Waals surface area contributed by atoms with Crippen LogP contribution in [0.2, 0.25) is 5.02 Å². The summed E-state index contributed by atoms with van der Waals surface area (Å²) in [5.74, 6) is -1.11. The van der Waals surface area contributed by atoms with E-state index in [0.717, 1.165) is 10.0 Å². The molecule has 0 heterocycles. The highest BCUT2D eigenvalue weighted by Gasteiger charge is 2.15. The van der Waals surface area contributed by atoms with E-state index in [-0.39, 0.29) is 11.5 Å². The van der Waals surface area contributed by atoms with E-state index in [4.69, 9.17) is 11.6 Å². The first-order valence-electron chi connectivity index (χ1n) is 11.6. The number of hydrogen-bond donors (Lipinski definition) is 2. The first-order chi connectivity index (χ1) is 18.4. The van der Waals surface area contributed by atoms with Gasteiger partial charge in [0, 0.05) is 26.3 Å². The van der Waals surface area contributed by atoms with E-state index >= 15 is 0 Å². The van der Waals surface area contributed by atoms with E-state index in [0.29, 0.717) is 27.4 Å². The molecule has 38 heavy (non-hydrogen) atoms. The molecule has 0 aliphatic carbocycles. The summed E-state index contributed by atoms with van der Waals surface area (Å²) in [6.07, 6.45) is 4.79. The maximum absolute atomic E-state index is 13.2. The first kappa shape index (κ1) is 26.8. The molecule has 0 bridgehead atoms. The van der Waals surface area contributed by atoms with Gasteiger partial charge in [-0.25, -0.2) is 0 Å². The van der Waals surface area contributed by atoms with Gasteiger partial charge in [0.1, 0.15) is 5.70 Å². The molecule has 7 heteroatoms. The predicted molar refractivity (Wildman–Crippen MR) is 156 cm³/mol. The number of allylic oxidation sites excluding steroid dienone is 1. The molecule has 4 aromatic rings. The lowest BCUT2D eigenvalue weighted by Crippen LogP contribution is -2.30. The van der Waals surface area contributed by atoms with Gasteiger partial charge in [0.2, 0.25) is 0 Å². The second-order valence-corrected chi connectivity index (χ2v) is 9.57. The third-order valence-electron chi connectivity index (χ3n) is 5.41. The molecule has 0 unspecified atom stereocenters. The van der Waals surface area contributed by atoms with Gasteiger partial charge in [-0.05, 0) is 83.9 Å². The molecule has 0 fully saturated rings. The summed E-state index contributed by atoms with van der Waals surface area (Å²) in [5, 5.41) is 5.96. The highest BCUT2D eigenvalue weighted by Crippen LogP contribution is 2.17. The van der Waals surface area contributed by atoms with Gasteiger partial charge in [0.15, 0.2) is 5.78 Å². The molecule has 0 saturated carbocycles. The van der Waals surface area contributed by atoms with Gasteiger partial charge in [-0.15, -0.1) is 0 Å². The Kier molecular flexibility index (Phi) is 9.03. The number of anilines is 1. The Morgan fingerprint density at radius 1 is 0.737 bits per heavy atom. The topological polar surface area (TPSA) is 75.3 Å². The average Bonchev–Trinajstić information content (AvgIpc) is 2.93. The molecule has 2 amide bonds. The fourth-order valence-electron chi connectivity index (χ4n) is 3.46. The zero-order valence-corrected chi connectivity index (χ0v) is 22.4. The molecule has 0 saturated heterocycles. The maximum atomic E-state index is 13.2. The molecular weight excluding hydrogens is 564 g/mol. The summed E-state index contributed by atoms with van der Waals surface area (Å²) in [6, 6.07) is 29.7. The van der Waals surface area contributed by atoms with Gasteiger partial charge in [-0.3, -0.25) is 14.4 Å². The van der Waals surface area contributed by atoms with E-state index in [1.807, 2.05) is 24.3 Å². The van der Waals surface area contributed by atoms with Crippen molar-refractivity contribution >= 4 is 63.0 Å². The van der Waals surface area contributed by atoms with Crippen LogP contribution in [0.15, 0.2) is 119 Å². The number of benzene rings is 4. The second kappa shape index (κ2) is 12.8. The van der Waals surface area contributed by atoms with Crippen molar-refractivity contribution in [2.45, 2.75) is 0 Å². The zero-order valence-electron chi connectivity index (χ0n) is 20.0. The Morgan fingerprint density at radius 2 is 1.45 bits per heavy atom. The lowest BCUT2D eigenvalue weighted by atomic mass is 10.1. The number of halogens is 2. The van der Waals surface area contributed by atoms with E-state index in [2.05, 4.69) is 26.6 Å². The number of nitrogens with one attached hydrogen (secondary N) is 2. The third-order valence-corrected chi connectivity index (χ3v) is 6.18. The molecule has 0 aliphatic rings. The van der Waals surface area contributed by atoms with Gasteiger partial charge >= 0.3 is 0 Å². The minimum atomic E-state index is -0.525.